The zero-order valence-corrected chi connectivity index (χ0v) is 13.6. The molecular weight excluding hydrogens is 262 g/mol. The van der Waals surface area contributed by atoms with Crippen LogP contribution in [0.3, 0.4) is 0 Å². The van der Waals surface area contributed by atoms with Crippen molar-refractivity contribution in [3.8, 4) is 0 Å². The summed E-state index contributed by atoms with van der Waals surface area (Å²) in [5.74, 6) is 0. The van der Waals surface area contributed by atoms with Gasteiger partial charge >= 0.3 is 0 Å². The first kappa shape index (κ1) is 16.4. The SMILES string of the molecule is CCN(Cc1cccc(C)n1)C(C)CNCC1CCCO1. The monoisotopic (exact) mass is 291 g/mol. The van der Waals surface area contributed by atoms with E-state index >= 15 is 0 Å². The van der Waals surface area contributed by atoms with Crippen molar-refractivity contribution in [2.75, 3.05) is 26.2 Å². The molecule has 1 saturated heterocycles. The van der Waals surface area contributed by atoms with E-state index in [1.165, 1.54) is 12.8 Å². The van der Waals surface area contributed by atoms with Crippen LogP contribution in [0.15, 0.2) is 18.2 Å². The summed E-state index contributed by atoms with van der Waals surface area (Å²) in [6, 6.07) is 6.75. The average molecular weight is 291 g/mol. The molecule has 1 aliphatic heterocycles. The topological polar surface area (TPSA) is 37.4 Å². The number of nitrogens with one attached hydrogen (secondary N) is 1. The van der Waals surface area contributed by atoms with E-state index in [9.17, 15) is 0 Å². The summed E-state index contributed by atoms with van der Waals surface area (Å²) in [5, 5.41) is 3.55. The maximum atomic E-state index is 5.64. The van der Waals surface area contributed by atoms with Crippen LogP contribution in [0.4, 0.5) is 0 Å². The fourth-order valence-electron chi connectivity index (χ4n) is 2.86. The lowest BCUT2D eigenvalue weighted by atomic mass is 10.2. The summed E-state index contributed by atoms with van der Waals surface area (Å²) in [4.78, 5) is 7.07. The second-order valence-electron chi connectivity index (χ2n) is 5.98. The molecule has 4 nitrogen and oxygen atoms in total. The lowest BCUT2D eigenvalue weighted by Crippen LogP contribution is -2.41. The van der Waals surface area contributed by atoms with Crippen LogP contribution in [-0.2, 0) is 11.3 Å². The summed E-state index contributed by atoms with van der Waals surface area (Å²) in [6.07, 6.45) is 2.83. The maximum Gasteiger partial charge on any atom is 0.0700 e. The van der Waals surface area contributed by atoms with Crippen molar-refractivity contribution in [2.24, 2.45) is 0 Å². The summed E-state index contributed by atoms with van der Waals surface area (Å²) < 4.78 is 5.64. The lowest BCUT2D eigenvalue weighted by Gasteiger charge is -2.28. The van der Waals surface area contributed by atoms with Gasteiger partial charge in [-0.1, -0.05) is 13.0 Å². The maximum absolute atomic E-state index is 5.64. The highest BCUT2D eigenvalue weighted by molar-refractivity contribution is 5.09. The highest BCUT2D eigenvalue weighted by Gasteiger charge is 2.17. The lowest BCUT2D eigenvalue weighted by molar-refractivity contribution is 0.107. The van der Waals surface area contributed by atoms with Gasteiger partial charge in [-0.3, -0.25) is 9.88 Å². The van der Waals surface area contributed by atoms with E-state index in [4.69, 9.17) is 4.74 Å². The third-order valence-electron chi connectivity index (χ3n) is 4.18. The van der Waals surface area contributed by atoms with E-state index in [2.05, 4.69) is 41.2 Å². The van der Waals surface area contributed by atoms with Gasteiger partial charge in [-0.15, -0.1) is 0 Å². The Morgan fingerprint density at radius 1 is 1.48 bits per heavy atom. The fraction of sp³-hybridized carbons (Fsp3) is 0.706. The van der Waals surface area contributed by atoms with Crippen molar-refractivity contribution in [1.29, 1.82) is 0 Å². The average Bonchev–Trinajstić information content (AvgIpc) is 2.98. The van der Waals surface area contributed by atoms with Gasteiger partial charge in [-0.25, -0.2) is 0 Å². The molecule has 21 heavy (non-hydrogen) atoms. The first-order valence-electron chi connectivity index (χ1n) is 8.18. The number of rotatable bonds is 8. The van der Waals surface area contributed by atoms with Crippen LogP contribution in [0.1, 0.15) is 38.1 Å². The van der Waals surface area contributed by atoms with Crippen molar-refractivity contribution < 1.29 is 4.74 Å². The molecule has 1 aromatic rings. The fourth-order valence-corrected chi connectivity index (χ4v) is 2.86. The van der Waals surface area contributed by atoms with Crippen LogP contribution in [-0.4, -0.2) is 48.3 Å². The van der Waals surface area contributed by atoms with Gasteiger partial charge in [0.2, 0.25) is 0 Å². The summed E-state index contributed by atoms with van der Waals surface area (Å²) >= 11 is 0. The number of aromatic nitrogens is 1. The molecule has 1 aliphatic rings. The molecule has 0 aliphatic carbocycles. The van der Waals surface area contributed by atoms with E-state index in [1.54, 1.807) is 0 Å². The molecule has 0 saturated carbocycles. The van der Waals surface area contributed by atoms with Crippen LogP contribution in [0.2, 0.25) is 0 Å². The Kier molecular flexibility index (Phi) is 6.61. The molecule has 4 heteroatoms. The van der Waals surface area contributed by atoms with Crippen LogP contribution in [0.5, 0.6) is 0 Å². The van der Waals surface area contributed by atoms with Gasteiger partial charge in [0.25, 0.3) is 0 Å². The molecule has 0 aromatic carbocycles. The number of likely N-dealkylation sites (N-methyl/N-ethyl adjacent to an activating group) is 1. The predicted octanol–water partition coefficient (Wildman–Crippen LogP) is 2.37. The van der Waals surface area contributed by atoms with E-state index in [1.807, 2.05) is 13.0 Å². The first-order chi connectivity index (χ1) is 10.2. The number of nitrogens with zero attached hydrogens (tertiary/aromatic N) is 2. The largest absolute Gasteiger partial charge is 0.377 e. The molecule has 0 spiro atoms. The van der Waals surface area contributed by atoms with Gasteiger partial charge < -0.3 is 10.1 Å². The van der Waals surface area contributed by atoms with Gasteiger partial charge in [0.1, 0.15) is 0 Å². The normalized spacial score (nSPS) is 20.1. The van der Waals surface area contributed by atoms with Crippen LogP contribution < -0.4 is 5.32 Å². The molecule has 0 bridgehead atoms. The highest BCUT2D eigenvalue weighted by atomic mass is 16.5. The molecule has 1 N–H and O–H groups in total. The molecule has 1 aromatic heterocycles. The molecule has 2 heterocycles. The van der Waals surface area contributed by atoms with Gasteiger partial charge in [0.15, 0.2) is 0 Å². The van der Waals surface area contributed by atoms with Crippen molar-refractivity contribution in [2.45, 2.75) is 52.3 Å². The molecule has 2 rings (SSSR count). The van der Waals surface area contributed by atoms with Crippen molar-refractivity contribution in [1.82, 2.24) is 15.2 Å². The van der Waals surface area contributed by atoms with Crippen LogP contribution >= 0.6 is 0 Å². The van der Waals surface area contributed by atoms with E-state index in [0.717, 1.165) is 44.2 Å². The Hall–Kier alpha value is -0.970. The third-order valence-corrected chi connectivity index (χ3v) is 4.18. The Bertz CT molecular complexity index is 418. The second-order valence-corrected chi connectivity index (χ2v) is 5.98. The predicted molar refractivity (Wildman–Crippen MR) is 86.4 cm³/mol. The zero-order valence-electron chi connectivity index (χ0n) is 13.6. The molecule has 2 atom stereocenters. The highest BCUT2D eigenvalue weighted by Crippen LogP contribution is 2.11. The second kappa shape index (κ2) is 8.47. The molecular formula is C17H29N3O. The van der Waals surface area contributed by atoms with Crippen molar-refractivity contribution >= 4 is 0 Å². The van der Waals surface area contributed by atoms with Crippen LogP contribution in [0.25, 0.3) is 0 Å². The Morgan fingerprint density at radius 2 is 2.33 bits per heavy atom. The molecule has 2 unspecified atom stereocenters. The van der Waals surface area contributed by atoms with E-state index in [-0.39, 0.29) is 0 Å². The zero-order chi connectivity index (χ0) is 15.1. The summed E-state index contributed by atoms with van der Waals surface area (Å²) in [7, 11) is 0. The minimum atomic E-state index is 0.422. The summed E-state index contributed by atoms with van der Waals surface area (Å²) in [6.45, 7) is 11.4. The van der Waals surface area contributed by atoms with Gasteiger partial charge in [0, 0.05) is 38.0 Å². The number of aryl methyl sites for hydroxylation is 1. The van der Waals surface area contributed by atoms with E-state index < -0.39 is 0 Å². The standard InChI is InChI=1S/C17H29N3O/c1-4-20(13-16-8-5-7-14(2)19-16)15(3)11-18-12-17-9-6-10-21-17/h5,7-8,15,17-18H,4,6,9-13H2,1-3H3. The third kappa shape index (κ3) is 5.38. The van der Waals surface area contributed by atoms with Crippen molar-refractivity contribution in [3.05, 3.63) is 29.6 Å². The molecule has 0 amide bonds. The Morgan fingerprint density at radius 3 is 3.00 bits per heavy atom. The number of ether oxygens (including phenoxy) is 1. The Balaban J connectivity index is 1.76. The van der Waals surface area contributed by atoms with Crippen LogP contribution in [0, 0.1) is 6.92 Å². The summed E-state index contributed by atoms with van der Waals surface area (Å²) in [5.41, 5.74) is 2.25. The Labute approximate surface area is 128 Å². The van der Waals surface area contributed by atoms with E-state index in [0.29, 0.717) is 12.1 Å². The smallest absolute Gasteiger partial charge is 0.0700 e. The minimum absolute atomic E-state index is 0.422. The van der Waals surface area contributed by atoms with Gasteiger partial charge in [0.05, 0.1) is 11.8 Å². The molecule has 1 fully saturated rings. The molecule has 118 valence electrons. The van der Waals surface area contributed by atoms with Gasteiger partial charge in [-0.05, 0) is 45.4 Å². The molecule has 0 radical (unpaired) electrons. The number of hydrogen-bond acceptors (Lipinski definition) is 4. The quantitative estimate of drug-likeness (QED) is 0.798. The first-order valence-corrected chi connectivity index (χ1v) is 8.18. The number of pyridine rings is 1. The number of hydrogen-bond donors (Lipinski definition) is 1. The van der Waals surface area contributed by atoms with Gasteiger partial charge in [-0.2, -0.15) is 0 Å². The minimum Gasteiger partial charge on any atom is -0.377 e. The van der Waals surface area contributed by atoms with Crippen molar-refractivity contribution in [3.63, 3.8) is 0 Å².